The van der Waals surface area contributed by atoms with E-state index in [0.717, 1.165) is 25.8 Å². The van der Waals surface area contributed by atoms with Gasteiger partial charge in [-0.05, 0) is 12.5 Å². The Morgan fingerprint density at radius 1 is 1.32 bits per heavy atom. The molecule has 19 heavy (non-hydrogen) atoms. The Morgan fingerprint density at radius 3 is 2.68 bits per heavy atom. The second-order valence-electron chi connectivity index (χ2n) is 4.73. The third-order valence-corrected chi connectivity index (χ3v) is 3.22. The third kappa shape index (κ3) is 2.92. The Morgan fingerprint density at radius 2 is 2.00 bits per heavy atom. The van der Waals surface area contributed by atoms with Gasteiger partial charge < -0.3 is 20.1 Å². The largest absolute Gasteiger partial charge is 0.454 e. The van der Waals surface area contributed by atoms with Crippen LogP contribution in [0.25, 0.3) is 0 Å². The average Bonchev–Trinajstić information content (AvgIpc) is 2.84. The molecule has 0 aliphatic carbocycles. The lowest BCUT2D eigenvalue weighted by atomic mass is 10.1. The van der Waals surface area contributed by atoms with Crippen molar-refractivity contribution in [3.63, 3.8) is 0 Å². The highest BCUT2D eigenvalue weighted by molar-refractivity contribution is 6.00. The van der Waals surface area contributed by atoms with Gasteiger partial charge in [-0.15, -0.1) is 0 Å². The van der Waals surface area contributed by atoms with Crippen LogP contribution in [-0.4, -0.2) is 31.2 Å². The number of nitrogen functional groups attached to an aromatic ring is 1. The van der Waals surface area contributed by atoms with Gasteiger partial charge in [-0.3, -0.25) is 4.79 Å². The summed E-state index contributed by atoms with van der Waals surface area (Å²) in [5, 5.41) is 0. The van der Waals surface area contributed by atoms with Crippen LogP contribution in [0, 0.1) is 0 Å². The molecule has 1 aromatic rings. The van der Waals surface area contributed by atoms with Gasteiger partial charge >= 0.3 is 0 Å². The molecular formula is C14H20N2O3. The van der Waals surface area contributed by atoms with Crippen molar-refractivity contribution in [2.45, 2.75) is 26.2 Å². The van der Waals surface area contributed by atoms with Crippen molar-refractivity contribution >= 4 is 11.6 Å². The van der Waals surface area contributed by atoms with Crippen LogP contribution in [0.1, 0.15) is 36.5 Å². The topological polar surface area (TPSA) is 64.8 Å². The molecule has 0 atom stereocenters. The normalized spacial score (nSPS) is 12.5. The molecule has 2 rings (SSSR count). The molecule has 0 saturated heterocycles. The van der Waals surface area contributed by atoms with E-state index in [1.165, 1.54) is 0 Å². The van der Waals surface area contributed by atoms with E-state index < -0.39 is 0 Å². The van der Waals surface area contributed by atoms with E-state index in [-0.39, 0.29) is 12.7 Å². The van der Waals surface area contributed by atoms with Crippen molar-refractivity contribution in [2.24, 2.45) is 0 Å². The predicted molar refractivity (Wildman–Crippen MR) is 73.5 cm³/mol. The summed E-state index contributed by atoms with van der Waals surface area (Å²) in [6, 6.07) is 3.31. The number of fused-ring (bicyclic) bond motifs is 1. The van der Waals surface area contributed by atoms with Crippen LogP contribution < -0.4 is 15.2 Å². The van der Waals surface area contributed by atoms with E-state index in [0.29, 0.717) is 22.7 Å². The van der Waals surface area contributed by atoms with Crippen LogP contribution >= 0.6 is 0 Å². The number of unbranched alkanes of at least 4 members (excludes halogenated alkanes) is 2. The smallest absolute Gasteiger partial charge is 0.255 e. The molecule has 1 aliphatic heterocycles. The van der Waals surface area contributed by atoms with Gasteiger partial charge in [0, 0.05) is 25.3 Å². The van der Waals surface area contributed by atoms with Gasteiger partial charge in [0.05, 0.1) is 5.56 Å². The summed E-state index contributed by atoms with van der Waals surface area (Å²) in [6.45, 7) is 3.05. The fourth-order valence-corrected chi connectivity index (χ4v) is 2.05. The molecule has 0 saturated carbocycles. The fraction of sp³-hybridized carbons (Fsp3) is 0.500. The van der Waals surface area contributed by atoms with E-state index in [9.17, 15) is 4.79 Å². The van der Waals surface area contributed by atoms with E-state index in [4.69, 9.17) is 15.2 Å². The van der Waals surface area contributed by atoms with Crippen LogP contribution in [-0.2, 0) is 0 Å². The first-order valence-electron chi connectivity index (χ1n) is 6.58. The number of carbonyl (C=O) groups excluding carboxylic acids is 1. The minimum Gasteiger partial charge on any atom is -0.454 e. The number of benzene rings is 1. The zero-order chi connectivity index (χ0) is 13.8. The van der Waals surface area contributed by atoms with Crippen LogP contribution in [0.2, 0.25) is 0 Å². The van der Waals surface area contributed by atoms with E-state index in [2.05, 4.69) is 6.92 Å². The zero-order valence-electron chi connectivity index (χ0n) is 11.4. The summed E-state index contributed by atoms with van der Waals surface area (Å²) in [4.78, 5) is 14.0. The molecule has 5 heteroatoms. The zero-order valence-corrected chi connectivity index (χ0v) is 11.4. The van der Waals surface area contributed by atoms with Crippen molar-refractivity contribution in [3.05, 3.63) is 17.7 Å². The van der Waals surface area contributed by atoms with Crippen LogP contribution in [0.15, 0.2) is 12.1 Å². The Labute approximate surface area is 113 Å². The first-order valence-corrected chi connectivity index (χ1v) is 6.58. The van der Waals surface area contributed by atoms with Gasteiger partial charge in [-0.25, -0.2) is 0 Å². The number of amides is 1. The van der Waals surface area contributed by atoms with Crippen LogP contribution in [0.3, 0.4) is 0 Å². The SMILES string of the molecule is CCCCCN(C)C(=O)c1cc2c(cc1N)OCO2. The molecule has 0 fully saturated rings. The molecule has 1 amide bonds. The Balaban J connectivity index is 2.10. The first kappa shape index (κ1) is 13.5. The number of rotatable bonds is 5. The summed E-state index contributed by atoms with van der Waals surface area (Å²) in [7, 11) is 1.79. The van der Waals surface area contributed by atoms with E-state index in [1.54, 1.807) is 24.1 Å². The van der Waals surface area contributed by atoms with Crippen molar-refractivity contribution < 1.29 is 14.3 Å². The van der Waals surface area contributed by atoms with Gasteiger partial charge in [0.25, 0.3) is 5.91 Å². The fourth-order valence-electron chi connectivity index (χ4n) is 2.05. The molecule has 0 bridgehead atoms. The summed E-state index contributed by atoms with van der Waals surface area (Å²) in [6.07, 6.45) is 3.26. The van der Waals surface area contributed by atoms with Gasteiger partial charge in [0.2, 0.25) is 6.79 Å². The van der Waals surface area contributed by atoms with Crippen molar-refractivity contribution in [2.75, 3.05) is 26.1 Å². The highest BCUT2D eigenvalue weighted by atomic mass is 16.7. The lowest BCUT2D eigenvalue weighted by Crippen LogP contribution is -2.28. The molecule has 1 aliphatic rings. The predicted octanol–water partition coefficient (Wildman–Crippen LogP) is 2.26. The molecule has 1 aromatic carbocycles. The number of hydrogen-bond donors (Lipinski definition) is 1. The summed E-state index contributed by atoms with van der Waals surface area (Å²) in [5.41, 5.74) is 6.81. The molecule has 1 heterocycles. The number of nitrogens with two attached hydrogens (primary N) is 1. The molecule has 2 N–H and O–H groups in total. The Bertz CT molecular complexity index is 474. The number of ether oxygens (including phenoxy) is 2. The average molecular weight is 264 g/mol. The van der Waals surface area contributed by atoms with Gasteiger partial charge in [-0.2, -0.15) is 0 Å². The van der Waals surface area contributed by atoms with Crippen molar-refractivity contribution in [1.29, 1.82) is 0 Å². The van der Waals surface area contributed by atoms with Crippen LogP contribution in [0.5, 0.6) is 11.5 Å². The highest BCUT2D eigenvalue weighted by Gasteiger charge is 2.21. The quantitative estimate of drug-likeness (QED) is 0.654. The summed E-state index contributed by atoms with van der Waals surface area (Å²) in [5.74, 6) is 1.11. The first-order chi connectivity index (χ1) is 9.13. The second kappa shape index (κ2) is 5.82. The highest BCUT2D eigenvalue weighted by Crippen LogP contribution is 2.36. The molecule has 0 spiro atoms. The lowest BCUT2D eigenvalue weighted by Gasteiger charge is -2.18. The molecule has 104 valence electrons. The Kier molecular flexibility index (Phi) is 4.14. The molecule has 0 unspecified atom stereocenters. The molecule has 0 radical (unpaired) electrons. The third-order valence-electron chi connectivity index (χ3n) is 3.22. The van der Waals surface area contributed by atoms with E-state index >= 15 is 0 Å². The maximum atomic E-state index is 12.3. The maximum absolute atomic E-state index is 12.3. The molecule has 0 aromatic heterocycles. The molecular weight excluding hydrogens is 244 g/mol. The maximum Gasteiger partial charge on any atom is 0.255 e. The number of anilines is 1. The monoisotopic (exact) mass is 264 g/mol. The van der Waals surface area contributed by atoms with E-state index in [1.807, 2.05) is 0 Å². The molecule has 5 nitrogen and oxygen atoms in total. The van der Waals surface area contributed by atoms with Gasteiger partial charge in [0.1, 0.15) is 0 Å². The van der Waals surface area contributed by atoms with Crippen molar-refractivity contribution in [3.8, 4) is 11.5 Å². The lowest BCUT2D eigenvalue weighted by molar-refractivity contribution is 0.0793. The minimum absolute atomic E-state index is 0.0769. The Hall–Kier alpha value is -1.91. The summed E-state index contributed by atoms with van der Waals surface area (Å²) >= 11 is 0. The summed E-state index contributed by atoms with van der Waals surface area (Å²) < 4.78 is 10.5. The standard InChI is InChI=1S/C14H20N2O3/c1-3-4-5-6-16(2)14(17)10-7-12-13(8-11(10)15)19-9-18-12/h7-8H,3-6,9,15H2,1-2H3. The van der Waals surface area contributed by atoms with Gasteiger partial charge in [-0.1, -0.05) is 19.8 Å². The number of hydrogen-bond acceptors (Lipinski definition) is 4. The van der Waals surface area contributed by atoms with Crippen LogP contribution in [0.4, 0.5) is 5.69 Å². The van der Waals surface area contributed by atoms with Crippen molar-refractivity contribution in [1.82, 2.24) is 4.90 Å². The van der Waals surface area contributed by atoms with Gasteiger partial charge in [0.15, 0.2) is 11.5 Å². The minimum atomic E-state index is -0.0769. The number of nitrogens with zero attached hydrogens (tertiary/aromatic N) is 1. The number of carbonyl (C=O) groups is 1. The second-order valence-corrected chi connectivity index (χ2v) is 4.73.